The first kappa shape index (κ1) is 29.7. The molecule has 0 aliphatic rings. The molecule has 0 atom stereocenters. The predicted molar refractivity (Wildman–Crippen MR) is 200 cm³/mol. The minimum Gasteiger partial charge on any atom is -0.309 e. The predicted octanol–water partition coefficient (Wildman–Crippen LogP) is 11.4. The molecule has 3 heterocycles. The summed E-state index contributed by atoms with van der Waals surface area (Å²) in [6, 6.07) is 43.4. The Kier molecular flexibility index (Phi) is 6.62. The summed E-state index contributed by atoms with van der Waals surface area (Å²) in [6.07, 6.45) is 1.84. The molecule has 8 rings (SSSR count). The van der Waals surface area contributed by atoms with Gasteiger partial charge in [-0.15, -0.1) is 0 Å². The first-order valence-corrected chi connectivity index (χ1v) is 16.6. The lowest BCUT2D eigenvalue weighted by Gasteiger charge is -2.20. The fourth-order valence-corrected chi connectivity index (χ4v) is 7.24. The van der Waals surface area contributed by atoms with Gasteiger partial charge in [-0.25, -0.2) is 0 Å². The van der Waals surface area contributed by atoms with Gasteiger partial charge in [0.2, 0.25) is 0 Å². The highest BCUT2D eigenvalue weighted by Gasteiger charge is 2.25. The number of benzene rings is 5. The zero-order valence-corrected chi connectivity index (χ0v) is 28.3. The molecule has 234 valence electrons. The van der Waals surface area contributed by atoms with Gasteiger partial charge in [0, 0.05) is 33.3 Å². The number of hydrogen-bond acceptors (Lipinski definition) is 2. The summed E-state index contributed by atoms with van der Waals surface area (Å²) >= 11 is 0. The van der Waals surface area contributed by atoms with Crippen LogP contribution in [0.15, 0.2) is 121 Å². The molecule has 0 N–H and O–H groups in total. The van der Waals surface area contributed by atoms with Crippen molar-refractivity contribution in [3.05, 3.63) is 138 Å². The van der Waals surface area contributed by atoms with E-state index in [-0.39, 0.29) is 10.8 Å². The Morgan fingerprint density at radius 2 is 1.02 bits per heavy atom. The molecule has 4 nitrogen and oxygen atoms in total. The van der Waals surface area contributed by atoms with Gasteiger partial charge in [-0.1, -0.05) is 96.1 Å². The fourth-order valence-electron chi connectivity index (χ4n) is 7.24. The highest BCUT2D eigenvalue weighted by Crippen LogP contribution is 2.42. The van der Waals surface area contributed by atoms with Crippen LogP contribution in [0.1, 0.15) is 58.2 Å². The molecule has 0 saturated heterocycles. The van der Waals surface area contributed by atoms with E-state index in [2.05, 4.69) is 154 Å². The molecule has 0 unspecified atom stereocenters. The van der Waals surface area contributed by atoms with E-state index in [4.69, 9.17) is 4.98 Å². The van der Waals surface area contributed by atoms with Crippen LogP contribution in [0, 0.1) is 11.3 Å². The lowest BCUT2D eigenvalue weighted by atomic mass is 9.86. The van der Waals surface area contributed by atoms with Crippen molar-refractivity contribution in [1.29, 1.82) is 5.26 Å². The van der Waals surface area contributed by atoms with Crippen LogP contribution in [0.5, 0.6) is 0 Å². The van der Waals surface area contributed by atoms with E-state index < -0.39 is 0 Å². The number of rotatable bonds is 3. The maximum absolute atomic E-state index is 10.6. The highest BCUT2D eigenvalue weighted by atomic mass is 15.0. The minimum atomic E-state index is 0.0160. The van der Waals surface area contributed by atoms with Crippen molar-refractivity contribution in [2.24, 2.45) is 0 Å². The zero-order valence-electron chi connectivity index (χ0n) is 28.3. The van der Waals surface area contributed by atoms with Crippen LogP contribution in [-0.4, -0.2) is 14.1 Å². The number of hydrogen-bond donors (Lipinski definition) is 0. The van der Waals surface area contributed by atoms with E-state index in [9.17, 15) is 5.26 Å². The second kappa shape index (κ2) is 10.7. The van der Waals surface area contributed by atoms with Crippen molar-refractivity contribution in [3.63, 3.8) is 0 Å². The van der Waals surface area contributed by atoms with Crippen molar-refractivity contribution in [1.82, 2.24) is 14.1 Å². The Hall–Kier alpha value is -5.66. The molecule has 8 aromatic rings. The summed E-state index contributed by atoms with van der Waals surface area (Å²) in [4.78, 5) is 5.08. The van der Waals surface area contributed by atoms with Crippen molar-refractivity contribution >= 4 is 43.6 Å². The molecule has 0 saturated carbocycles. The second-order valence-corrected chi connectivity index (χ2v) is 14.9. The van der Waals surface area contributed by atoms with E-state index in [0.29, 0.717) is 5.56 Å². The molecule has 0 bridgehead atoms. The standard InChI is InChI=1S/C44H38N4/c1-43(2,3)29-20-22-37-33(25-29)31-14-7-9-16-35(31)47(37)39-18-11-13-28(27-45)41(39)42-40(19-12-24-46-42)48-36-17-10-8-15-32(36)34-26-30(44(4,5)6)21-23-38(34)48/h7-26H,1-6H3. The maximum Gasteiger partial charge on any atom is 0.0999 e. The molecule has 0 amide bonds. The summed E-state index contributed by atoms with van der Waals surface area (Å²) in [7, 11) is 0. The van der Waals surface area contributed by atoms with Crippen molar-refractivity contribution in [3.8, 4) is 28.7 Å². The Bertz CT molecular complexity index is 2590. The largest absolute Gasteiger partial charge is 0.309 e. The molecule has 4 heteroatoms. The highest BCUT2D eigenvalue weighted by molar-refractivity contribution is 6.11. The minimum absolute atomic E-state index is 0.0160. The molecule has 0 aliphatic heterocycles. The first-order valence-electron chi connectivity index (χ1n) is 16.6. The van der Waals surface area contributed by atoms with Gasteiger partial charge in [0.1, 0.15) is 0 Å². The van der Waals surface area contributed by atoms with Crippen molar-refractivity contribution in [2.45, 2.75) is 52.4 Å². The molecule has 0 aliphatic carbocycles. The summed E-state index contributed by atoms with van der Waals surface area (Å²) < 4.78 is 4.63. The van der Waals surface area contributed by atoms with Gasteiger partial charge in [-0.05, 0) is 82.6 Å². The van der Waals surface area contributed by atoms with E-state index in [1.54, 1.807) is 0 Å². The second-order valence-electron chi connectivity index (χ2n) is 14.9. The average Bonchev–Trinajstić information content (AvgIpc) is 3.59. The number of para-hydroxylation sites is 2. The monoisotopic (exact) mass is 622 g/mol. The van der Waals surface area contributed by atoms with Gasteiger partial charge < -0.3 is 9.13 Å². The lowest BCUT2D eigenvalue weighted by molar-refractivity contribution is 0.591. The fraction of sp³-hybridized carbons (Fsp3) is 0.182. The Morgan fingerprint density at radius 1 is 0.521 bits per heavy atom. The molecule has 5 aromatic carbocycles. The van der Waals surface area contributed by atoms with E-state index in [1.807, 2.05) is 24.4 Å². The van der Waals surface area contributed by atoms with Crippen LogP contribution in [0.4, 0.5) is 0 Å². The van der Waals surface area contributed by atoms with Gasteiger partial charge >= 0.3 is 0 Å². The number of pyridine rings is 1. The maximum atomic E-state index is 10.6. The molecule has 3 aromatic heterocycles. The van der Waals surface area contributed by atoms with E-state index in [0.717, 1.165) is 44.7 Å². The van der Waals surface area contributed by atoms with Gasteiger partial charge in [0.05, 0.1) is 50.8 Å². The van der Waals surface area contributed by atoms with Crippen LogP contribution in [0.3, 0.4) is 0 Å². The van der Waals surface area contributed by atoms with Crippen molar-refractivity contribution < 1.29 is 0 Å². The summed E-state index contributed by atoms with van der Waals surface area (Å²) in [5, 5.41) is 15.4. The Balaban J connectivity index is 1.46. The van der Waals surface area contributed by atoms with Gasteiger partial charge in [-0.3, -0.25) is 4.98 Å². The van der Waals surface area contributed by atoms with E-state index in [1.165, 1.54) is 32.7 Å². The van der Waals surface area contributed by atoms with Gasteiger partial charge in [-0.2, -0.15) is 5.26 Å². The van der Waals surface area contributed by atoms with Crippen LogP contribution in [-0.2, 0) is 10.8 Å². The number of nitriles is 1. The third kappa shape index (κ3) is 4.53. The number of aromatic nitrogens is 3. The SMILES string of the molecule is CC(C)(C)c1ccc2c(c1)c1ccccc1n2-c1cccnc1-c1c(C#N)cccc1-n1c2ccccc2c2cc(C(C)(C)C)ccc21. The molecular formula is C44H38N4. The third-order valence-corrected chi connectivity index (χ3v) is 9.75. The van der Waals surface area contributed by atoms with Crippen molar-refractivity contribution in [2.75, 3.05) is 0 Å². The van der Waals surface area contributed by atoms with Crippen LogP contribution < -0.4 is 0 Å². The van der Waals surface area contributed by atoms with E-state index >= 15 is 0 Å². The number of nitrogens with zero attached hydrogens (tertiary/aromatic N) is 4. The summed E-state index contributed by atoms with van der Waals surface area (Å²) in [5.74, 6) is 0. The lowest BCUT2D eigenvalue weighted by Crippen LogP contribution is -2.10. The molecule has 0 spiro atoms. The topological polar surface area (TPSA) is 46.5 Å². The summed E-state index contributed by atoms with van der Waals surface area (Å²) in [5.41, 5.74) is 11.1. The average molecular weight is 623 g/mol. The zero-order chi connectivity index (χ0) is 33.4. The first-order chi connectivity index (χ1) is 23.1. The Morgan fingerprint density at radius 3 is 1.56 bits per heavy atom. The van der Waals surface area contributed by atoms with Crippen LogP contribution in [0.2, 0.25) is 0 Å². The Labute approximate surface area is 281 Å². The van der Waals surface area contributed by atoms with Gasteiger partial charge in [0.15, 0.2) is 0 Å². The quantitative estimate of drug-likeness (QED) is 0.197. The normalized spacial score (nSPS) is 12.4. The van der Waals surface area contributed by atoms with Gasteiger partial charge in [0.25, 0.3) is 0 Å². The third-order valence-electron chi connectivity index (χ3n) is 9.75. The molecule has 0 radical (unpaired) electrons. The smallest absolute Gasteiger partial charge is 0.0999 e. The molecular weight excluding hydrogens is 585 g/mol. The summed E-state index contributed by atoms with van der Waals surface area (Å²) in [6.45, 7) is 13.5. The van der Waals surface area contributed by atoms with Crippen LogP contribution >= 0.6 is 0 Å². The molecule has 0 fully saturated rings. The van der Waals surface area contributed by atoms with Crippen LogP contribution in [0.25, 0.3) is 66.2 Å². The molecule has 48 heavy (non-hydrogen) atoms. The number of fused-ring (bicyclic) bond motifs is 6.